The van der Waals surface area contributed by atoms with Gasteiger partial charge in [0.15, 0.2) is 0 Å². The molecule has 0 atom stereocenters. The third kappa shape index (κ3) is 9.78. The van der Waals surface area contributed by atoms with Crippen LogP contribution in [0.5, 0.6) is 0 Å². The van der Waals surface area contributed by atoms with Crippen molar-refractivity contribution in [1.82, 2.24) is 0 Å². The van der Waals surface area contributed by atoms with Gasteiger partial charge in [-0.3, -0.25) is 4.79 Å². The SMILES string of the molecule is C[N+](C)(C)CCSCC(=O)O. The predicted molar refractivity (Wildman–Crippen MR) is 47.9 cm³/mol. The number of quaternary nitrogens is 1. The van der Waals surface area contributed by atoms with Gasteiger partial charge in [-0.2, -0.15) is 0 Å². The highest BCUT2D eigenvalue weighted by atomic mass is 32.2. The summed E-state index contributed by atoms with van der Waals surface area (Å²) in [6.07, 6.45) is 0. The van der Waals surface area contributed by atoms with E-state index in [1.54, 1.807) is 0 Å². The van der Waals surface area contributed by atoms with Crippen molar-refractivity contribution in [3.05, 3.63) is 0 Å². The summed E-state index contributed by atoms with van der Waals surface area (Å²) in [7, 11) is 6.30. The minimum atomic E-state index is -0.726. The summed E-state index contributed by atoms with van der Waals surface area (Å²) in [4.78, 5) is 10.1. The highest BCUT2D eigenvalue weighted by Gasteiger charge is 2.06. The first-order valence-electron chi connectivity index (χ1n) is 3.52. The molecule has 0 aliphatic carbocycles. The molecule has 3 nitrogen and oxygen atoms in total. The summed E-state index contributed by atoms with van der Waals surface area (Å²) in [5, 5.41) is 8.32. The molecule has 0 aliphatic rings. The van der Waals surface area contributed by atoms with E-state index >= 15 is 0 Å². The molecule has 0 saturated heterocycles. The summed E-state index contributed by atoms with van der Waals surface area (Å²) < 4.78 is 0.895. The number of aliphatic carboxylic acids is 1. The average Bonchev–Trinajstić information content (AvgIpc) is 1.78. The van der Waals surface area contributed by atoms with E-state index in [0.29, 0.717) is 0 Å². The molecule has 0 saturated carbocycles. The van der Waals surface area contributed by atoms with Crippen molar-refractivity contribution in [3.8, 4) is 0 Å². The molecule has 66 valence electrons. The van der Waals surface area contributed by atoms with Crippen molar-refractivity contribution < 1.29 is 14.4 Å². The van der Waals surface area contributed by atoms with Gasteiger partial charge in [-0.05, 0) is 0 Å². The monoisotopic (exact) mass is 178 g/mol. The number of carbonyl (C=O) groups is 1. The lowest BCUT2D eigenvalue weighted by atomic mass is 10.6. The molecule has 11 heavy (non-hydrogen) atoms. The fourth-order valence-electron chi connectivity index (χ4n) is 0.498. The Hall–Kier alpha value is -0.220. The maximum Gasteiger partial charge on any atom is 0.313 e. The Morgan fingerprint density at radius 2 is 2.00 bits per heavy atom. The number of nitrogens with zero attached hydrogens (tertiary/aromatic N) is 1. The molecule has 0 aromatic rings. The van der Waals surface area contributed by atoms with Crippen molar-refractivity contribution in [3.63, 3.8) is 0 Å². The Morgan fingerprint density at radius 3 is 2.36 bits per heavy atom. The Bertz CT molecular complexity index is 131. The zero-order valence-corrected chi connectivity index (χ0v) is 8.15. The van der Waals surface area contributed by atoms with Crippen molar-refractivity contribution in [2.75, 3.05) is 39.2 Å². The molecular weight excluding hydrogens is 162 g/mol. The van der Waals surface area contributed by atoms with Crippen LogP contribution in [0.1, 0.15) is 0 Å². The van der Waals surface area contributed by atoms with Gasteiger partial charge in [0.25, 0.3) is 0 Å². The summed E-state index contributed by atoms with van der Waals surface area (Å²) in [5.74, 6) is 0.409. The lowest BCUT2D eigenvalue weighted by Gasteiger charge is -2.23. The van der Waals surface area contributed by atoms with Gasteiger partial charge in [-0.15, -0.1) is 11.8 Å². The van der Waals surface area contributed by atoms with Crippen LogP contribution in [0.15, 0.2) is 0 Å². The number of hydrogen-bond acceptors (Lipinski definition) is 2. The smallest absolute Gasteiger partial charge is 0.313 e. The zero-order valence-electron chi connectivity index (χ0n) is 7.33. The molecule has 0 unspecified atom stereocenters. The van der Waals surface area contributed by atoms with Crippen LogP contribution >= 0.6 is 11.8 Å². The molecule has 0 heterocycles. The van der Waals surface area contributed by atoms with Crippen LogP contribution in [0, 0.1) is 0 Å². The number of carboxylic acids is 1. The Balaban J connectivity index is 3.22. The van der Waals surface area contributed by atoms with E-state index < -0.39 is 5.97 Å². The molecule has 0 aromatic heterocycles. The van der Waals surface area contributed by atoms with Gasteiger partial charge >= 0.3 is 5.97 Å². The summed E-state index contributed by atoms with van der Waals surface area (Å²) >= 11 is 1.47. The van der Waals surface area contributed by atoms with Gasteiger partial charge in [0, 0.05) is 5.75 Å². The number of carboxylic acid groups (broad SMARTS) is 1. The quantitative estimate of drug-likeness (QED) is 0.492. The van der Waals surface area contributed by atoms with E-state index in [9.17, 15) is 4.79 Å². The van der Waals surface area contributed by atoms with E-state index in [1.807, 2.05) is 0 Å². The maximum absolute atomic E-state index is 10.1. The zero-order chi connectivity index (χ0) is 8.91. The third-order valence-electron chi connectivity index (χ3n) is 1.13. The highest BCUT2D eigenvalue weighted by Crippen LogP contribution is 2.01. The second-order valence-corrected chi connectivity index (χ2v) is 4.57. The predicted octanol–water partition coefficient (Wildman–Crippen LogP) is 0.510. The Morgan fingerprint density at radius 1 is 1.45 bits per heavy atom. The summed E-state index contributed by atoms with van der Waals surface area (Å²) in [6.45, 7) is 1.01. The molecule has 1 N–H and O–H groups in total. The molecule has 0 rings (SSSR count). The third-order valence-corrected chi connectivity index (χ3v) is 2.05. The second kappa shape index (κ2) is 4.62. The standard InChI is InChI=1S/C7H15NO2S/c1-8(2,3)4-5-11-6-7(9)10/h4-6H2,1-3H3/p+1. The van der Waals surface area contributed by atoms with E-state index in [1.165, 1.54) is 11.8 Å². The van der Waals surface area contributed by atoms with E-state index in [2.05, 4.69) is 21.1 Å². The lowest BCUT2D eigenvalue weighted by molar-refractivity contribution is -0.867. The van der Waals surface area contributed by atoms with E-state index in [-0.39, 0.29) is 5.75 Å². The van der Waals surface area contributed by atoms with Gasteiger partial charge in [-0.25, -0.2) is 0 Å². The summed E-state index contributed by atoms with van der Waals surface area (Å²) in [6, 6.07) is 0. The molecule has 0 amide bonds. The largest absolute Gasteiger partial charge is 0.481 e. The van der Waals surface area contributed by atoms with Crippen molar-refractivity contribution in [1.29, 1.82) is 0 Å². The number of rotatable bonds is 5. The van der Waals surface area contributed by atoms with Crippen LogP contribution in [0.2, 0.25) is 0 Å². The molecule has 0 radical (unpaired) electrons. The molecule has 0 aliphatic heterocycles. The molecule has 0 bridgehead atoms. The fourth-order valence-corrected chi connectivity index (χ4v) is 1.49. The van der Waals surface area contributed by atoms with E-state index in [0.717, 1.165) is 16.8 Å². The van der Waals surface area contributed by atoms with E-state index in [4.69, 9.17) is 5.11 Å². The highest BCUT2D eigenvalue weighted by molar-refractivity contribution is 7.99. The second-order valence-electron chi connectivity index (χ2n) is 3.46. The molecule has 0 spiro atoms. The Kier molecular flexibility index (Phi) is 4.52. The molecular formula is C7H16NO2S+. The van der Waals surface area contributed by atoms with Gasteiger partial charge < -0.3 is 9.59 Å². The normalized spacial score (nSPS) is 11.5. The van der Waals surface area contributed by atoms with Crippen LogP contribution in [0.25, 0.3) is 0 Å². The number of hydrogen-bond donors (Lipinski definition) is 1. The van der Waals surface area contributed by atoms with Gasteiger partial charge in [0.1, 0.15) is 0 Å². The van der Waals surface area contributed by atoms with Crippen molar-refractivity contribution in [2.24, 2.45) is 0 Å². The average molecular weight is 178 g/mol. The first kappa shape index (κ1) is 10.8. The minimum absolute atomic E-state index is 0.222. The molecule has 4 heteroatoms. The van der Waals surface area contributed by atoms with Crippen LogP contribution in [-0.2, 0) is 4.79 Å². The van der Waals surface area contributed by atoms with Crippen LogP contribution < -0.4 is 0 Å². The van der Waals surface area contributed by atoms with Crippen molar-refractivity contribution in [2.45, 2.75) is 0 Å². The first-order valence-corrected chi connectivity index (χ1v) is 4.67. The molecule has 0 fully saturated rings. The van der Waals surface area contributed by atoms with Gasteiger partial charge in [-0.1, -0.05) is 0 Å². The van der Waals surface area contributed by atoms with Gasteiger partial charge in [0.05, 0.1) is 33.4 Å². The maximum atomic E-state index is 10.1. The number of thioether (sulfide) groups is 1. The lowest BCUT2D eigenvalue weighted by Crippen LogP contribution is -2.36. The molecule has 0 aromatic carbocycles. The van der Waals surface area contributed by atoms with Crippen LogP contribution in [0.4, 0.5) is 0 Å². The first-order chi connectivity index (χ1) is 4.92. The minimum Gasteiger partial charge on any atom is -0.481 e. The Labute approximate surface area is 72.0 Å². The van der Waals surface area contributed by atoms with Crippen LogP contribution in [0.3, 0.4) is 0 Å². The van der Waals surface area contributed by atoms with Crippen LogP contribution in [-0.4, -0.2) is 54.8 Å². The van der Waals surface area contributed by atoms with Gasteiger partial charge in [0.2, 0.25) is 0 Å². The van der Waals surface area contributed by atoms with Crippen molar-refractivity contribution >= 4 is 17.7 Å². The fraction of sp³-hybridized carbons (Fsp3) is 0.857. The topological polar surface area (TPSA) is 37.3 Å². The summed E-state index contributed by atoms with van der Waals surface area (Å²) in [5.41, 5.74) is 0.